The van der Waals surface area contributed by atoms with Crippen LogP contribution in [0.4, 0.5) is 0 Å². The molecule has 57 heavy (non-hydrogen) atoms. The molecule has 10 aromatic carbocycles. The van der Waals surface area contributed by atoms with Gasteiger partial charge < -0.3 is 9.13 Å². The molecular weight excluding hydrogens is 689 g/mol. The molecule has 2 heteroatoms. The molecule has 0 unspecified atom stereocenters. The van der Waals surface area contributed by atoms with Crippen LogP contribution in [-0.4, -0.2) is 9.13 Å². The van der Waals surface area contributed by atoms with Gasteiger partial charge in [0, 0.05) is 38.3 Å². The minimum Gasteiger partial charge on any atom is -0.309 e. The average Bonchev–Trinajstić information content (AvgIpc) is 3.87. The lowest BCUT2D eigenvalue weighted by molar-refractivity contribution is 0.660. The molecule has 0 saturated heterocycles. The van der Waals surface area contributed by atoms with Crippen molar-refractivity contribution in [3.63, 3.8) is 0 Å². The van der Waals surface area contributed by atoms with E-state index in [1.54, 1.807) is 0 Å². The van der Waals surface area contributed by atoms with Crippen molar-refractivity contribution in [1.29, 1.82) is 0 Å². The van der Waals surface area contributed by atoms with E-state index >= 15 is 0 Å². The first-order chi connectivity index (χ1) is 28.0. The second kappa shape index (κ2) is 11.0. The van der Waals surface area contributed by atoms with Crippen LogP contribution < -0.4 is 0 Å². The molecule has 0 bridgehead atoms. The van der Waals surface area contributed by atoms with Crippen LogP contribution in [0.15, 0.2) is 182 Å². The Labute approximate surface area is 330 Å². The van der Waals surface area contributed by atoms with Crippen molar-refractivity contribution in [1.82, 2.24) is 9.13 Å². The van der Waals surface area contributed by atoms with Crippen LogP contribution in [-0.2, 0) is 5.41 Å². The third-order valence-corrected chi connectivity index (χ3v) is 13.2. The molecule has 0 spiro atoms. The Kier molecular flexibility index (Phi) is 6.00. The van der Waals surface area contributed by atoms with E-state index in [1.165, 1.54) is 121 Å². The number of hydrogen-bond acceptors (Lipinski definition) is 0. The fourth-order valence-corrected chi connectivity index (χ4v) is 10.5. The van der Waals surface area contributed by atoms with Gasteiger partial charge in [-0.2, -0.15) is 0 Å². The zero-order valence-corrected chi connectivity index (χ0v) is 31.7. The number of hydrogen-bond donors (Lipinski definition) is 0. The minimum atomic E-state index is -0.142. The maximum Gasteiger partial charge on any atom is 0.0547 e. The molecule has 1 aliphatic carbocycles. The summed E-state index contributed by atoms with van der Waals surface area (Å²) in [5.41, 5.74) is 17.7. The molecule has 0 N–H and O–H groups in total. The van der Waals surface area contributed by atoms with Crippen molar-refractivity contribution in [2.75, 3.05) is 0 Å². The predicted octanol–water partition coefficient (Wildman–Crippen LogP) is 14.7. The van der Waals surface area contributed by atoms with E-state index in [0.29, 0.717) is 0 Å². The van der Waals surface area contributed by atoms with Crippen LogP contribution in [0, 0.1) is 0 Å². The van der Waals surface area contributed by atoms with Gasteiger partial charge in [0.1, 0.15) is 0 Å². The molecule has 13 rings (SSSR count). The van der Waals surface area contributed by atoms with Crippen LogP contribution in [0.25, 0.3) is 110 Å². The Morgan fingerprint density at radius 2 is 0.667 bits per heavy atom. The molecular formula is C55H36N2. The van der Waals surface area contributed by atoms with Gasteiger partial charge in [-0.3, -0.25) is 0 Å². The summed E-state index contributed by atoms with van der Waals surface area (Å²) in [5, 5.41) is 10.6. The summed E-state index contributed by atoms with van der Waals surface area (Å²) in [6, 6.07) is 68.0. The number of nitrogens with zero attached hydrogens (tertiary/aromatic N) is 2. The van der Waals surface area contributed by atoms with E-state index in [-0.39, 0.29) is 5.41 Å². The Bertz CT molecular complexity index is 3440. The maximum absolute atomic E-state index is 2.47. The van der Waals surface area contributed by atoms with E-state index in [4.69, 9.17) is 0 Å². The molecule has 0 saturated carbocycles. The van der Waals surface area contributed by atoms with Crippen LogP contribution in [0.3, 0.4) is 0 Å². The van der Waals surface area contributed by atoms with Crippen LogP contribution in [0.2, 0.25) is 0 Å². The van der Waals surface area contributed by atoms with E-state index < -0.39 is 0 Å². The Balaban J connectivity index is 0.832. The van der Waals surface area contributed by atoms with E-state index in [9.17, 15) is 0 Å². The molecule has 0 fully saturated rings. The molecule has 2 nitrogen and oxygen atoms in total. The molecule has 12 aromatic rings. The Morgan fingerprint density at radius 3 is 1.14 bits per heavy atom. The topological polar surface area (TPSA) is 9.86 Å². The van der Waals surface area contributed by atoms with Gasteiger partial charge in [0.25, 0.3) is 0 Å². The summed E-state index contributed by atoms with van der Waals surface area (Å²) >= 11 is 0. The van der Waals surface area contributed by atoms with Crippen LogP contribution >= 0.6 is 0 Å². The van der Waals surface area contributed by atoms with E-state index in [1.807, 2.05) is 0 Å². The lowest BCUT2D eigenvalue weighted by atomic mass is 9.81. The molecule has 0 aliphatic heterocycles. The fraction of sp³-hybridized carbons (Fsp3) is 0.0545. The quantitative estimate of drug-likeness (QED) is 0.160. The van der Waals surface area contributed by atoms with Crippen molar-refractivity contribution in [3.8, 4) is 44.8 Å². The summed E-state index contributed by atoms with van der Waals surface area (Å²) < 4.78 is 4.88. The lowest BCUT2D eigenvalue weighted by Gasteiger charge is -2.23. The number of rotatable bonds is 4. The van der Waals surface area contributed by atoms with Crippen LogP contribution in [0.1, 0.15) is 25.0 Å². The summed E-state index contributed by atoms with van der Waals surface area (Å²) in [5.74, 6) is 0. The smallest absolute Gasteiger partial charge is 0.0547 e. The van der Waals surface area contributed by atoms with Gasteiger partial charge in [-0.1, -0.05) is 141 Å². The van der Waals surface area contributed by atoms with Crippen molar-refractivity contribution >= 4 is 65.2 Å². The van der Waals surface area contributed by atoms with Gasteiger partial charge in [0.15, 0.2) is 0 Å². The molecule has 0 amide bonds. The highest BCUT2D eigenvalue weighted by molar-refractivity contribution is 6.25. The van der Waals surface area contributed by atoms with Gasteiger partial charge in [-0.25, -0.2) is 0 Å². The van der Waals surface area contributed by atoms with E-state index in [2.05, 4.69) is 205 Å². The summed E-state index contributed by atoms with van der Waals surface area (Å²) in [4.78, 5) is 0. The van der Waals surface area contributed by atoms with Gasteiger partial charge in [0.05, 0.1) is 22.1 Å². The highest BCUT2D eigenvalue weighted by atomic mass is 15.0. The molecule has 1 aliphatic rings. The van der Waals surface area contributed by atoms with Gasteiger partial charge in [-0.05, 0) is 121 Å². The number of fused-ring (bicyclic) bond motifs is 3. The Morgan fingerprint density at radius 1 is 0.316 bits per heavy atom. The first-order valence-corrected chi connectivity index (χ1v) is 20.0. The molecule has 2 heterocycles. The summed E-state index contributed by atoms with van der Waals surface area (Å²) in [6.07, 6.45) is 0. The molecule has 0 radical (unpaired) electrons. The number of aromatic nitrogens is 2. The molecule has 0 atom stereocenters. The fourth-order valence-electron chi connectivity index (χ4n) is 10.5. The van der Waals surface area contributed by atoms with Crippen molar-refractivity contribution in [3.05, 3.63) is 193 Å². The number of benzene rings is 10. The summed E-state index contributed by atoms with van der Waals surface area (Å²) in [7, 11) is 0. The van der Waals surface area contributed by atoms with Crippen molar-refractivity contribution < 1.29 is 0 Å². The SMILES string of the molecule is CC1(C)c2cc(-c3ccc(-c4ccc(-n5c6cccc7ccc8cccc5c8c76)cc4)cc3)ccc2-c2ccc(-n3c4cccc5ccc6cccc3c6c54)cc21. The first-order valence-electron chi connectivity index (χ1n) is 20.0. The van der Waals surface area contributed by atoms with Gasteiger partial charge in [-0.15, -0.1) is 0 Å². The van der Waals surface area contributed by atoms with Gasteiger partial charge in [0.2, 0.25) is 0 Å². The third-order valence-electron chi connectivity index (χ3n) is 13.2. The van der Waals surface area contributed by atoms with Gasteiger partial charge >= 0.3 is 0 Å². The van der Waals surface area contributed by atoms with Crippen molar-refractivity contribution in [2.24, 2.45) is 0 Å². The second-order valence-electron chi connectivity index (χ2n) is 16.5. The third kappa shape index (κ3) is 4.14. The highest BCUT2D eigenvalue weighted by Crippen LogP contribution is 2.51. The zero-order valence-electron chi connectivity index (χ0n) is 31.7. The second-order valence-corrected chi connectivity index (χ2v) is 16.5. The lowest BCUT2D eigenvalue weighted by Crippen LogP contribution is -2.15. The monoisotopic (exact) mass is 724 g/mol. The van der Waals surface area contributed by atoms with E-state index in [0.717, 1.165) is 0 Å². The maximum atomic E-state index is 2.47. The normalized spacial score (nSPS) is 13.6. The molecule has 2 aromatic heterocycles. The summed E-state index contributed by atoms with van der Waals surface area (Å²) in [6.45, 7) is 4.78. The minimum absolute atomic E-state index is 0.142. The molecule has 266 valence electrons. The predicted molar refractivity (Wildman–Crippen MR) is 241 cm³/mol. The van der Waals surface area contributed by atoms with Crippen molar-refractivity contribution in [2.45, 2.75) is 19.3 Å². The zero-order chi connectivity index (χ0) is 37.6. The Hall–Kier alpha value is -7.16. The first kappa shape index (κ1) is 31.1. The average molecular weight is 725 g/mol. The largest absolute Gasteiger partial charge is 0.309 e. The van der Waals surface area contributed by atoms with Crippen LogP contribution in [0.5, 0.6) is 0 Å². The highest BCUT2D eigenvalue weighted by Gasteiger charge is 2.36. The standard InChI is InChI=1S/C55H36N2/c1-55(2)45-31-40(25-29-43(45)44-30-28-42(32-46(44)55)57-49-13-5-9-38-21-22-39-10-6-14-50(57)54(39)53(38)49)35-17-15-33(16-18-35)34-23-26-41(27-24-34)56-47-11-3-7-36-19-20-37-8-4-12-48(56)52(37)51(36)47/h3-32H,1-2H3.